The largest absolute Gasteiger partial charge is 0.416 e. The van der Waals surface area contributed by atoms with E-state index < -0.39 is 23.8 Å². The van der Waals surface area contributed by atoms with Crippen molar-refractivity contribution in [3.8, 4) is 0 Å². The van der Waals surface area contributed by atoms with Gasteiger partial charge in [-0.15, -0.1) is 0 Å². The summed E-state index contributed by atoms with van der Waals surface area (Å²) in [5, 5.41) is 2.89. The monoisotopic (exact) mass is 382 g/mol. The van der Waals surface area contributed by atoms with Gasteiger partial charge in [0.1, 0.15) is 6.04 Å². The van der Waals surface area contributed by atoms with Crippen molar-refractivity contribution >= 4 is 11.8 Å². The van der Waals surface area contributed by atoms with E-state index >= 15 is 0 Å². The second kappa shape index (κ2) is 7.17. The number of halogens is 3. The fourth-order valence-corrected chi connectivity index (χ4v) is 3.68. The highest BCUT2D eigenvalue weighted by Gasteiger charge is 2.46. The van der Waals surface area contributed by atoms with Crippen molar-refractivity contribution in [1.82, 2.24) is 10.2 Å². The number of benzene rings is 1. The van der Waals surface area contributed by atoms with Gasteiger partial charge in [-0.1, -0.05) is 32.9 Å². The maximum atomic E-state index is 12.9. The third kappa shape index (κ3) is 4.28. The van der Waals surface area contributed by atoms with Crippen LogP contribution in [0.5, 0.6) is 0 Å². The van der Waals surface area contributed by atoms with Crippen molar-refractivity contribution < 1.29 is 22.8 Å². The van der Waals surface area contributed by atoms with E-state index in [0.717, 1.165) is 18.6 Å². The van der Waals surface area contributed by atoms with Crippen LogP contribution in [-0.2, 0) is 15.8 Å². The van der Waals surface area contributed by atoms with Crippen molar-refractivity contribution in [2.75, 3.05) is 6.54 Å². The molecule has 1 saturated carbocycles. The molecule has 3 rings (SSSR count). The van der Waals surface area contributed by atoms with Crippen LogP contribution in [0.1, 0.15) is 50.8 Å². The lowest BCUT2D eigenvalue weighted by Gasteiger charge is -2.40. The van der Waals surface area contributed by atoms with Gasteiger partial charge >= 0.3 is 6.18 Å². The molecule has 4 atom stereocenters. The van der Waals surface area contributed by atoms with Gasteiger partial charge in [0.25, 0.3) is 0 Å². The fraction of sp³-hybridized carbons (Fsp3) is 0.600. The maximum Gasteiger partial charge on any atom is 0.416 e. The van der Waals surface area contributed by atoms with Crippen LogP contribution in [-0.4, -0.2) is 29.3 Å². The van der Waals surface area contributed by atoms with Crippen LogP contribution in [0.2, 0.25) is 0 Å². The summed E-state index contributed by atoms with van der Waals surface area (Å²) in [6, 6.07) is 3.75. The molecule has 1 aromatic rings. The molecule has 1 aliphatic carbocycles. The zero-order valence-corrected chi connectivity index (χ0v) is 15.7. The Labute approximate surface area is 157 Å². The van der Waals surface area contributed by atoms with Gasteiger partial charge in [0.05, 0.1) is 11.6 Å². The quantitative estimate of drug-likeness (QED) is 0.862. The van der Waals surface area contributed by atoms with Gasteiger partial charge in [-0.3, -0.25) is 9.59 Å². The first-order valence-corrected chi connectivity index (χ1v) is 9.36. The minimum Gasteiger partial charge on any atom is -0.346 e. The van der Waals surface area contributed by atoms with E-state index in [1.807, 2.05) is 20.8 Å². The first-order valence-electron chi connectivity index (χ1n) is 9.36. The highest BCUT2D eigenvalue weighted by Crippen LogP contribution is 2.41. The lowest BCUT2D eigenvalue weighted by atomic mass is 9.94. The van der Waals surface area contributed by atoms with Crippen molar-refractivity contribution in [3.63, 3.8) is 0 Å². The topological polar surface area (TPSA) is 49.4 Å². The number of amides is 2. The number of nitrogens with one attached hydrogen (secondary N) is 1. The Balaban J connectivity index is 1.82. The predicted octanol–water partition coefficient (Wildman–Crippen LogP) is 3.78. The van der Waals surface area contributed by atoms with Crippen molar-refractivity contribution in [2.45, 2.75) is 51.9 Å². The maximum absolute atomic E-state index is 12.9. The molecule has 1 N–H and O–H groups in total. The molecule has 0 spiro atoms. The molecular formula is C20H25F3N2O2. The first-order chi connectivity index (χ1) is 12.6. The predicted molar refractivity (Wildman–Crippen MR) is 94.6 cm³/mol. The minimum atomic E-state index is -4.40. The number of alkyl halides is 3. The Kier molecular flexibility index (Phi) is 5.23. The molecule has 3 unspecified atom stereocenters. The lowest BCUT2D eigenvalue weighted by Crippen LogP contribution is -2.59. The molecule has 0 aromatic heterocycles. The Morgan fingerprint density at radius 1 is 1.26 bits per heavy atom. The van der Waals surface area contributed by atoms with E-state index in [9.17, 15) is 22.8 Å². The van der Waals surface area contributed by atoms with Crippen LogP contribution in [0.15, 0.2) is 24.3 Å². The highest BCUT2D eigenvalue weighted by molar-refractivity contribution is 5.91. The summed E-state index contributed by atoms with van der Waals surface area (Å²) < 4.78 is 38.3. The summed E-state index contributed by atoms with van der Waals surface area (Å²) in [6.07, 6.45) is -3.00. The zero-order chi connectivity index (χ0) is 19.9. The number of hydrogen-bond acceptors (Lipinski definition) is 2. The standard InChI is InChI=1S/C20H25F3N2O2/c1-11(2)8-17-18(26)24-16(10-25(17)19(27)15-9-12(15)3)13-4-6-14(7-5-13)20(21,22)23/h4-7,11-12,15-17H,8-10H2,1-3H3,(H,24,26)/t12?,15-,16?,17?/m1/s1. The summed E-state index contributed by atoms with van der Waals surface area (Å²) in [6.45, 7) is 6.29. The number of nitrogens with zero attached hydrogens (tertiary/aromatic N) is 1. The number of hydrogen-bond donors (Lipinski definition) is 1. The van der Waals surface area contributed by atoms with Crippen molar-refractivity contribution in [2.24, 2.45) is 17.8 Å². The van der Waals surface area contributed by atoms with Crippen LogP contribution in [0.3, 0.4) is 0 Å². The van der Waals surface area contributed by atoms with E-state index in [2.05, 4.69) is 5.32 Å². The Morgan fingerprint density at radius 3 is 2.33 bits per heavy atom. The molecule has 2 aliphatic rings. The van der Waals surface area contributed by atoms with Crippen LogP contribution >= 0.6 is 0 Å². The fourth-order valence-electron chi connectivity index (χ4n) is 3.68. The average Bonchev–Trinajstić information content (AvgIpc) is 3.31. The summed E-state index contributed by atoms with van der Waals surface area (Å²) in [7, 11) is 0. The minimum absolute atomic E-state index is 0.0140. The molecular weight excluding hydrogens is 357 g/mol. The van der Waals surface area contributed by atoms with E-state index in [0.29, 0.717) is 17.9 Å². The van der Waals surface area contributed by atoms with Crippen LogP contribution in [0.25, 0.3) is 0 Å². The second-order valence-corrected chi connectivity index (χ2v) is 8.14. The SMILES string of the molecule is CC(C)CC1C(=O)NC(c2ccc(C(F)(F)F)cc2)CN1C(=O)[C@@H]1CC1C. The molecule has 1 saturated heterocycles. The number of piperazine rings is 1. The smallest absolute Gasteiger partial charge is 0.346 e. The number of carbonyl (C=O) groups is 2. The molecule has 0 radical (unpaired) electrons. The summed E-state index contributed by atoms with van der Waals surface area (Å²) in [4.78, 5) is 27.2. The average molecular weight is 382 g/mol. The van der Waals surface area contributed by atoms with Crippen LogP contribution in [0.4, 0.5) is 13.2 Å². The van der Waals surface area contributed by atoms with Gasteiger partial charge in [-0.05, 0) is 42.4 Å². The van der Waals surface area contributed by atoms with E-state index in [4.69, 9.17) is 0 Å². The van der Waals surface area contributed by atoms with Crippen LogP contribution in [0, 0.1) is 17.8 Å². The molecule has 2 fully saturated rings. The van der Waals surface area contributed by atoms with Gasteiger partial charge < -0.3 is 10.2 Å². The van der Waals surface area contributed by atoms with E-state index in [-0.39, 0.29) is 30.2 Å². The highest BCUT2D eigenvalue weighted by atomic mass is 19.4. The Hall–Kier alpha value is -2.05. The third-order valence-electron chi connectivity index (χ3n) is 5.42. The molecule has 148 valence electrons. The van der Waals surface area contributed by atoms with Gasteiger partial charge in [0, 0.05) is 12.5 Å². The summed E-state index contributed by atoms with van der Waals surface area (Å²) in [5.41, 5.74) is -0.160. The third-order valence-corrected chi connectivity index (χ3v) is 5.42. The summed E-state index contributed by atoms with van der Waals surface area (Å²) >= 11 is 0. The summed E-state index contributed by atoms with van der Waals surface area (Å²) in [5.74, 6) is 0.280. The van der Waals surface area contributed by atoms with Crippen molar-refractivity contribution in [3.05, 3.63) is 35.4 Å². The van der Waals surface area contributed by atoms with Crippen LogP contribution < -0.4 is 5.32 Å². The molecule has 2 amide bonds. The molecule has 27 heavy (non-hydrogen) atoms. The Bertz CT molecular complexity index is 715. The molecule has 1 aliphatic heterocycles. The van der Waals surface area contributed by atoms with Gasteiger partial charge in [0.2, 0.25) is 11.8 Å². The van der Waals surface area contributed by atoms with Gasteiger partial charge in [0.15, 0.2) is 0 Å². The molecule has 0 bridgehead atoms. The first kappa shape index (κ1) is 19.7. The van der Waals surface area contributed by atoms with Crippen molar-refractivity contribution in [1.29, 1.82) is 0 Å². The molecule has 1 aromatic carbocycles. The molecule has 4 nitrogen and oxygen atoms in total. The van der Waals surface area contributed by atoms with Gasteiger partial charge in [-0.25, -0.2) is 0 Å². The van der Waals surface area contributed by atoms with E-state index in [1.54, 1.807) is 4.90 Å². The van der Waals surface area contributed by atoms with Gasteiger partial charge in [-0.2, -0.15) is 13.2 Å². The van der Waals surface area contributed by atoms with E-state index in [1.165, 1.54) is 12.1 Å². The number of carbonyl (C=O) groups excluding carboxylic acids is 2. The second-order valence-electron chi connectivity index (χ2n) is 8.14. The zero-order valence-electron chi connectivity index (χ0n) is 15.7. The Morgan fingerprint density at radius 2 is 1.85 bits per heavy atom. The number of rotatable bonds is 4. The molecule has 7 heteroatoms. The molecule has 1 heterocycles. The normalized spacial score (nSPS) is 28.3. The lowest BCUT2D eigenvalue weighted by molar-refractivity contribution is -0.146.